The van der Waals surface area contributed by atoms with Crippen LogP contribution < -0.4 is 5.46 Å². The highest BCUT2D eigenvalue weighted by Crippen LogP contribution is 2.34. The lowest BCUT2D eigenvalue weighted by molar-refractivity contribution is 0.450. The molecule has 4 aromatic carbocycles. The predicted octanol–water partition coefficient (Wildman–Crippen LogP) is 5.57. The second kappa shape index (κ2) is 6.26. The fourth-order valence-corrected chi connectivity index (χ4v) is 4.33. The average Bonchev–Trinajstić information content (AvgIpc) is 3.29. The van der Waals surface area contributed by atoms with Crippen molar-refractivity contribution in [2.75, 3.05) is 7.11 Å². The third-order valence-electron chi connectivity index (χ3n) is 5.57. The molecule has 137 valence electrons. The van der Waals surface area contributed by atoms with Crippen LogP contribution in [0.4, 0.5) is 0 Å². The lowest BCUT2D eigenvalue weighted by Gasteiger charge is -2.08. The van der Waals surface area contributed by atoms with Crippen LogP contribution in [0, 0.1) is 0 Å². The maximum atomic E-state index is 6.07. The molecule has 3 nitrogen and oxygen atoms in total. The van der Waals surface area contributed by atoms with Gasteiger partial charge in [0.1, 0.15) is 11.2 Å². The van der Waals surface area contributed by atoms with Gasteiger partial charge in [0.15, 0.2) is 0 Å². The summed E-state index contributed by atoms with van der Waals surface area (Å²) in [5.41, 5.74) is 6.32. The summed E-state index contributed by atoms with van der Waals surface area (Å²) in [5, 5.41) is 4.72. The minimum Gasteiger partial charge on any atom is -0.456 e. The van der Waals surface area contributed by atoms with E-state index in [4.69, 9.17) is 9.07 Å². The Kier molecular flexibility index (Phi) is 3.55. The first-order valence-electron chi connectivity index (χ1n) is 9.64. The summed E-state index contributed by atoms with van der Waals surface area (Å²) in [6.07, 6.45) is 0. The molecule has 0 atom stereocenters. The number of benzene rings is 4. The fraction of sp³-hybridized carbons (Fsp3) is 0.0400. The summed E-state index contributed by atoms with van der Waals surface area (Å²) < 4.78 is 13.6. The molecule has 6 rings (SSSR count). The first-order chi connectivity index (χ1) is 14.3. The molecule has 2 heterocycles. The van der Waals surface area contributed by atoms with Crippen LogP contribution in [0.1, 0.15) is 0 Å². The van der Waals surface area contributed by atoms with Crippen LogP contribution in [-0.4, -0.2) is 19.2 Å². The van der Waals surface area contributed by atoms with E-state index in [0.717, 1.165) is 33.1 Å². The van der Waals surface area contributed by atoms with Gasteiger partial charge < -0.3 is 13.6 Å². The second-order valence-electron chi connectivity index (χ2n) is 7.26. The van der Waals surface area contributed by atoms with Crippen LogP contribution >= 0.6 is 0 Å². The summed E-state index contributed by atoms with van der Waals surface area (Å²) >= 11 is 0. The third-order valence-corrected chi connectivity index (χ3v) is 5.57. The molecule has 4 heteroatoms. The van der Waals surface area contributed by atoms with Gasteiger partial charge in [-0.25, -0.2) is 0 Å². The van der Waals surface area contributed by atoms with Gasteiger partial charge in [-0.2, -0.15) is 0 Å². The highest BCUT2D eigenvalue weighted by Gasteiger charge is 2.14. The topological polar surface area (TPSA) is 27.3 Å². The van der Waals surface area contributed by atoms with Crippen molar-refractivity contribution in [3.05, 3.63) is 84.9 Å². The van der Waals surface area contributed by atoms with Crippen molar-refractivity contribution in [1.82, 2.24) is 4.57 Å². The number of aromatic nitrogens is 1. The molecule has 0 aliphatic rings. The zero-order chi connectivity index (χ0) is 19.4. The highest BCUT2D eigenvalue weighted by atomic mass is 16.4. The van der Waals surface area contributed by atoms with Crippen LogP contribution in [0.5, 0.6) is 0 Å². The van der Waals surface area contributed by atoms with Gasteiger partial charge in [-0.05, 0) is 36.4 Å². The molecule has 0 spiro atoms. The third kappa shape index (κ3) is 2.43. The normalized spacial score (nSPS) is 11.8. The number of rotatable bonds is 3. The van der Waals surface area contributed by atoms with Gasteiger partial charge in [-0.15, -0.1) is 0 Å². The first kappa shape index (κ1) is 16.5. The monoisotopic (exact) mass is 374 g/mol. The van der Waals surface area contributed by atoms with Gasteiger partial charge >= 0.3 is 7.48 Å². The Labute approximate surface area is 168 Å². The van der Waals surface area contributed by atoms with Gasteiger partial charge in [-0.3, -0.25) is 0 Å². The van der Waals surface area contributed by atoms with Crippen molar-refractivity contribution in [2.24, 2.45) is 0 Å². The number of para-hydroxylation sites is 2. The number of hydrogen-bond donors (Lipinski definition) is 0. The van der Waals surface area contributed by atoms with E-state index in [2.05, 4.69) is 77.4 Å². The van der Waals surface area contributed by atoms with E-state index in [1.807, 2.05) is 12.1 Å². The molecule has 0 amide bonds. The predicted molar refractivity (Wildman–Crippen MR) is 120 cm³/mol. The number of hydrogen-bond acceptors (Lipinski definition) is 2. The van der Waals surface area contributed by atoms with Crippen molar-refractivity contribution >= 4 is 56.7 Å². The van der Waals surface area contributed by atoms with E-state index in [9.17, 15) is 0 Å². The quantitative estimate of drug-likeness (QED) is 0.379. The smallest absolute Gasteiger partial charge is 0.329 e. The van der Waals surface area contributed by atoms with E-state index in [1.165, 1.54) is 21.8 Å². The first-order valence-corrected chi connectivity index (χ1v) is 9.64. The molecule has 29 heavy (non-hydrogen) atoms. The summed E-state index contributed by atoms with van der Waals surface area (Å²) in [6, 6.07) is 29.6. The average molecular weight is 374 g/mol. The summed E-state index contributed by atoms with van der Waals surface area (Å²) in [4.78, 5) is 0. The summed E-state index contributed by atoms with van der Waals surface area (Å²) in [5.74, 6) is 0. The zero-order valence-corrected chi connectivity index (χ0v) is 15.9. The zero-order valence-electron chi connectivity index (χ0n) is 15.9. The van der Waals surface area contributed by atoms with Crippen LogP contribution in [-0.2, 0) is 4.65 Å². The van der Waals surface area contributed by atoms with Gasteiger partial charge in [0, 0.05) is 34.3 Å². The van der Waals surface area contributed by atoms with E-state index in [0.29, 0.717) is 0 Å². The molecule has 6 aromatic rings. The van der Waals surface area contributed by atoms with Gasteiger partial charge in [0.05, 0.1) is 11.0 Å². The van der Waals surface area contributed by atoms with Gasteiger partial charge in [0.25, 0.3) is 0 Å². The van der Waals surface area contributed by atoms with Gasteiger partial charge in [0.2, 0.25) is 0 Å². The molecule has 1 radical (unpaired) electrons. The van der Waals surface area contributed by atoms with Crippen molar-refractivity contribution in [1.29, 1.82) is 0 Å². The SMILES string of the molecule is CO[B]c1ccc2oc3ccc(-n4c5ccccc5c5ccccc54)cc3c2c1. The maximum Gasteiger partial charge on any atom is 0.329 e. The minimum absolute atomic E-state index is 0.882. The second-order valence-corrected chi connectivity index (χ2v) is 7.26. The van der Waals surface area contributed by atoms with Crippen molar-refractivity contribution in [3.63, 3.8) is 0 Å². The largest absolute Gasteiger partial charge is 0.456 e. The Balaban J connectivity index is 1.67. The molecule has 0 saturated carbocycles. The van der Waals surface area contributed by atoms with Crippen molar-refractivity contribution in [3.8, 4) is 5.69 Å². The lowest BCUT2D eigenvalue weighted by atomic mass is 9.87. The molecule has 0 N–H and O–H groups in total. The standard InChI is InChI=1S/C25H17BNO2/c1-28-26-16-10-12-24-20(14-16)21-15-17(11-13-25(21)29-24)27-22-8-4-2-6-18(22)19-7-3-5-9-23(19)27/h2-15H,1H3. The molecular formula is C25H17BNO2. The molecule has 0 saturated heterocycles. The minimum atomic E-state index is 0.882. The number of nitrogens with zero attached hydrogens (tertiary/aromatic N) is 1. The van der Waals surface area contributed by atoms with Gasteiger partial charge in [-0.1, -0.05) is 54.0 Å². The van der Waals surface area contributed by atoms with E-state index >= 15 is 0 Å². The Morgan fingerprint density at radius 2 is 1.31 bits per heavy atom. The van der Waals surface area contributed by atoms with Crippen LogP contribution in [0.15, 0.2) is 89.3 Å². The molecule has 0 unspecified atom stereocenters. The Bertz CT molecular complexity index is 1470. The molecule has 0 fully saturated rings. The van der Waals surface area contributed by atoms with Crippen LogP contribution in [0.3, 0.4) is 0 Å². The number of furan rings is 1. The Hall–Kier alpha value is -3.50. The molecule has 0 aliphatic heterocycles. The Morgan fingerprint density at radius 1 is 0.690 bits per heavy atom. The summed E-state index contributed by atoms with van der Waals surface area (Å²) in [7, 11) is 3.41. The van der Waals surface area contributed by atoms with Crippen LogP contribution in [0.25, 0.3) is 49.4 Å². The van der Waals surface area contributed by atoms with Crippen molar-refractivity contribution in [2.45, 2.75) is 0 Å². The van der Waals surface area contributed by atoms with Crippen molar-refractivity contribution < 1.29 is 9.07 Å². The van der Waals surface area contributed by atoms with E-state index in [1.54, 1.807) is 14.6 Å². The lowest BCUT2D eigenvalue weighted by Crippen LogP contribution is -2.14. The number of fused-ring (bicyclic) bond motifs is 6. The highest BCUT2D eigenvalue weighted by molar-refractivity contribution is 6.47. The summed E-state index contributed by atoms with van der Waals surface area (Å²) in [6.45, 7) is 0. The van der Waals surface area contributed by atoms with E-state index in [-0.39, 0.29) is 0 Å². The maximum absolute atomic E-state index is 6.07. The molecule has 2 aromatic heterocycles. The van der Waals surface area contributed by atoms with Crippen LogP contribution in [0.2, 0.25) is 0 Å². The fourth-order valence-electron chi connectivity index (χ4n) is 4.33. The molecule has 0 aliphatic carbocycles. The van der Waals surface area contributed by atoms with E-state index < -0.39 is 0 Å². The molecular weight excluding hydrogens is 357 g/mol. The molecule has 0 bridgehead atoms. The Morgan fingerprint density at radius 3 is 2.00 bits per heavy atom.